The van der Waals surface area contributed by atoms with Crippen molar-refractivity contribution in [3.05, 3.63) is 64.1 Å². The highest BCUT2D eigenvalue weighted by atomic mass is 16.5. The van der Waals surface area contributed by atoms with Gasteiger partial charge in [0.25, 0.3) is 5.91 Å². The molecule has 1 aromatic carbocycles. The number of hydrogen-bond acceptors (Lipinski definition) is 5. The van der Waals surface area contributed by atoms with Gasteiger partial charge in [-0.25, -0.2) is 4.79 Å². The average molecular weight is 372 g/mol. The minimum absolute atomic E-state index is 0.126. The molecule has 7 heteroatoms. The number of rotatable bonds is 7. The number of aryl methyl sites for hydroxylation is 1. The van der Waals surface area contributed by atoms with Crippen LogP contribution in [0, 0.1) is 5.92 Å². The minimum Gasteiger partial charge on any atom is -0.483 e. The third kappa shape index (κ3) is 5.20. The standard InChI is InChI=1S/C20H24N2O5/c1-13(2)18(20(25)26-4)21-19(24)15-10-16(23)17(11-22(15)3)27-12-14-8-6-5-7-9-14/h5-11,13,18H,12H2,1-4H3,(H,21,24). The lowest BCUT2D eigenvalue weighted by Gasteiger charge is -2.20. The Morgan fingerprint density at radius 1 is 1.19 bits per heavy atom. The van der Waals surface area contributed by atoms with E-state index >= 15 is 0 Å². The Morgan fingerprint density at radius 3 is 2.44 bits per heavy atom. The van der Waals surface area contributed by atoms with E-state index in [-0.39, 0.29) is 24.0 Å². The second-order valence-electron chi connectivity index (χ2n) is 6.49. The molecule has 1 amide bonds. The monoisotopic (exact) mass is 372 g/mol. The van der Waals surface area contributed by atoms with Gasteiger partial charge in [-0.2, -0.15) is 0 Å². The molecule has 7 nitrogen and oxygen atoms in total. The number of aromatic nitrogens is 1. The number of ether oxygens (including phenoxy) is 2. The molecule has 1 unspecified atom stereocenters. The first-order valence-electron chi connectivity index (χ1n) is 8.59. The summed E-state index contributed by atoms with van der Waals surface area (Å²) in [5, 5.41) is 2.61. The summed E-state index contributed by atoms with van der Waals surface area (Å²) in [6, 6.07) is 9.86. The Labute approximate surface area is 157 Å². The van der Waals surface area contributed by atoms with Gasteiger partial charge >= 0.3 is 5.97 Å². The predicted octanol–water partition coefficient (Wildman–Crippen LogP) is 1.89. The summed E-state index contributed by atoms with van der Waals surface area (Å²) in [6.07, 6.45) is 1.46. The maximum absolute atomic E-state index is 12.5. The summed E-state index contributed by atoms with van der Waals surface area (Å²) in [5.41, 5.74) is 0.647. The van der Waals surface area contributed by atoms with E-state index in [0.717, 1.165) is 5.56 Å². The van der Waals surface area contributed by atoms with Crippen molar-refractivity contribution in [3.8, 4) is 5.75 Å². The number of hydrogen-bond donors (Lipinski definition) is 1. The molecule has 0 spiro atoms. The third-order valence-corrected chi connectivity index (χ3v) is 4.08. The highest BCUT2D eigenvalue weighted by Gasteiger charge is 2.26. The summed E-state index contributed by atoms with van der Waals surface area (Å²) >= 11 is 0. The first-order chi connectivity index (χ1) is 12.8. The maximum Gasteiger partial charge on any atom is 0.328 e. The molecule has 1 heterocycles. The van der Waals surface area contributed by atoms with E-state index in [4.69, 9.17) is 9.47 Å². The number of amides is 1. The van der Waals surface area contributed by atoms with Gasteiger partial charge in [0.05, 0.1) is 13.3 Å². The molecule has 2 rings (SSSR count). The fourth-order valence-corrected chi connectivity index (χ4v) is 2.52. The Balaban J connectivity index is 2.16. The highest BCUT2D eigenvalue weighted by Crippen LogP contribution is 2.10. The van der Waals surface area contributed by atoms with Crippen LogP contribution in [0.1, 0.15) is 29.9 Å². The van der Waals surface area contributed by atoms with Crippen LogP contribution in [0.3, 0.4) is 0 Å². The second kappa shape index (κ2) is 9.02. The smallest absolute Gasteiger partial charge is 0.328 e. The van der Waals surface area contributed by atoms with E-state index in [9.17, 15) is 14.4 Å². The molecule has 2 aromatic rings. The quantitative estimate of drug-likeness (QED) is 0.750. The molecule has 1 atom stereocenters. The highest BCUT2D eigenvalue weighted by molar-refractivity contribution is 5.95. The van der Waals surface area contributed by atoms with Gasteiger partial charge < -0.3 is 19.4 Å². The van der Waals surface area contributed by atoms with Crippen LogP contribution in [0.15, 0.2) is 47.4 Å². The van der Waals surface area contributed by atoms with Crippen molar-refractivity contribution in [2.75, 3.05) is 7.11 Å². The summed E-state index contributed by atoms with van der Waals surface area (Å²) in [4.78, 5) is 36.7. The lowest BCUT2D eigenvalue weighted by Crippen LogP contribution is -2.45. The Bertz CT molecular complexity index is 858. The van der Waals surface area contributed by atoms with Crippen LogP contribution in [0.4, 0.5) is 0 Å². The molecule has 0 fully saturated rings. The van der Waals surface area contributed by atoms with Gasteiger partial charge in [0.15, 0.2) is 5.75 Å². The van der Waals surface area contributed by atoms with Crippen molar-refractivity contribution in [2.24, 2.45) is 13.0 Å². The lowest BCUT2D eigenvalue weighted by atomic mass is 10.0. The SMILES string of the molecule is COC(=O)C(NC(=O)c1cc(=O)c(OCc2ccccc2)cn1C)C(C)C. The molecule has 0 saturated carbocycles. The first-order valence-corrected chi connectivity index (χ1v) is 8.59. The van der Waals surface area contributed by atoms with Crippen LogP contribution in [-0.4, -0.2) is 29.6 Å². The lowest BCUT2D eigenvalue weighted by molar-refractivity contribution is -0.144. The van der Waals surface area contributed by atoms with Gasteiger partial charge in [-0.15, -0.1) is 0 Å². The Kier molecular flexibility index (Phi) is 6.76. The van der Waals surface area contributed by atoms with E-state index in [0.29, 0.717) is 0 Å². The Hall–Kier alpha value is -3.09. The zero-order valence-corrected chi connectivity index (χ0v) is 15.9. The predicted molar refractivity (Wildman–Crippen MR) is 101 cm³/mol. The number of benzene rings is 1. The first kappa shape index (κ1) is 20.2. The number of nitrogens with zero attached hydrogens (tertiary/aromatic N) is 1. The molecule has 144 valence electrons. The molecular formula is C20H24N2O5. The van der Waals surface area contributed by atoms with Crippen molar-refractivity contribution >= 4 is 11.9 Å². The molecule has 0 bridgehead atoms. The summed E-state index contributed by atoms with van der Waals surface area (Å²) < 4.78 is 11.8. The van der Waals surface area contributed by atoms with Crippen molar-refractivity contribution in [1.82, 2.24) is 9.88 Å². The Morgan fingerprint density at radius 2 is 1.85 bits per heavy atom. The number of esters is 1. The summed E-state index contributed by atoms with van der Waals surface area (Å²) in [5.74, 6) is -1.09. The van der Waals surface area contributed by atoms with Crippen molar-refractivity contribution in [2.45, 2.75) is 26.5 Å². The van der Waals surface area contributed by atoms with Crippen molar-refractivity contribution in [3.63, 3.8) is 0 Å². The van der Waals surface area contributed by atoms with Gasteiger partial charge in [-0.1, -0.05) is 44.2 Å². The number of methoxy groups -OCH3 is 1. The number of carbonyl (C=O) groups is 2. The fourth-order valence-electron chi connectivity index (χ4n) is 2.52. The minimum atomic E-state index is -0.799. The molecule has 0 radical (unpaired) electrons. The normalized spacial score (nSPS) is 11.7. The third-order valence-electron chi connectivity index (χ3n) is 4.08. The summed E-state index contributed by atoms with van der Waals surface area (Å²) in [7, 11) is 2.89. The average Bonchev–Trinajstić information content (AvgIpc) is 2.66. The number of carbonyl (C=O) groups excluding carboxylic acids is 2. The van der Waals surface area contributed by atoms with Crippen LogP contribution in [-0.2, 0) is 23.2 Å². The molecule has 1 aromatic heterocycles. The van der Waals surface area contributed by atoms with Crippen LogP contribution >= 0.6 is 0 Å². The van der Waals surface area contributed by atoms with E-state index in [2.05, 4.69) is 5.32 Å². The molecular weight excluding hydrogens is 348 g/mol. The fraction of sp³-hybridized carbons (Fsp3) is 0.350. The number of pyridine rings is 1. The van der Waals surface area contributed by atoms with Gasteiger partial charge in [-0.3, -0.25) is 9.59 Å². The van der Waals surface area contributed by atoms with E-state index < -0.39 is 23.3 Å². The molecule has 0 aliphatic rings. The van der Waals surface area contributed by atoms with Crippen molar-refractivity contribution in [1.29, 1.82) is 0 Å². The largest absolute Gasteiger partial charge is 0.483 e. The molecule has 0 aliphatic carbocycles. The van der Waals surface area contributed by atoms with E-state index in [1.54, 1.807) is 20.9 Å². The number of nitrogens with one attached hydrogen (secondary N) is 1. The molecule has 0 saturated heterocycles. The van der Waals surface area contributed by atoms with Gasteiger partial charge in [0, 0.05) is 13.1 Å². The van der Waals surface area contributed by atoms with E-state index in [1.807, 2.05) is 30.3 Å². The van der Waals surface area contributed by atoms with Crippen LogP contribution < -0.4 is 15.5 Å². The zero-order chi connectivity index (χ0) is 20.0. The molecule has 27 heavy (non-hydrogen) atoms. The van der Waals surface area contributed by atoms with Crippen LogP contribution in [0.25, 0.3) is 0 Å². The van der Waals surface area contributed by atoms with Gasteiger partial charge in [0.1, 0.15) is 18.3 Å². The topological polar surface area (TPSA) is 86.6 Å². The second-order valence-corrected chi connectivity index (χ2v) is 6.49. The van der Waals surface area contributed by atoms with E-state index in [1.165, 1.54) is 23.9 Å². The van der Waals surface area contributed by atoms with Gasteiger partial charge in [0.2, 0.25) is 5.43 Å². The van der Waals surface area contributed by atoms with Crippen LogP contribution in [0.5, 0.6) is 5.75 Å². The van der Waals surface area contributed by atoms with Crippen LogP contribution in [0.2, 0.25) is 0 Å². The maximum atomic E-state index is 12.5. The molecule has 1 N–H and O–H groups in total. The zero-order valence-electron chi connectivity index (χ0n) is 15.9. The summed E-state index contributed by atoms with van der Waals surface area (Å²) in [6.45, 7) is 3.84. The van der Waals surface area contributed by atoms with Crippen molar-refractivity contribution < 1.29 is 19.1 Å². The van der Waals surface area contributed by atoms with Gasteiger partial charge in [-0.05, 0) is 11.5 Å². The molecule has 0 aliphatic heterocycles.